The zero-order valence-electron chi connectivity index (χ0n) is 11.7. The quantitative estimate of drug-likeness (QED) is 0.844. The first-order chi connectivity index (χ1) is 9.72. The van der Waals surface area contributed by atoms with Gasteiger partial charge < -0.3 is 14.8 Å². The maximum Gasteiger partial charge on any atom is 0.142 e. The van der Waals surface area contributed by atoms with Crippen LogP contribution < -0.4 is 14.8 Å². The Hall–Kier alpha value is -1.68. The Balaban J connectivity index is 2.02. The molecule has 0 saturated heterocycles. The number of benzene rings is 2. The lowest BCUT2D eigenvalue weighted by molar-refractivity contribution is 0.340. The second kappa shape index (κ2) is 7.20. The van der Waals surface area contributed by atoms with Gasteiger partial charge in [-0.2, -0.15) is 0 Å². The van der Waals surface area contributed by atoms with Crippen LogP contribution >= 0.6 is 15.9 Å². The number of rotatable bonds is 6. The fourth-order valence-corrected chi connectivity index (χ4v) is 2.25. The van der Waals surface area contributed by atoms with Crippen molar-refractivity contribution in [3.63, 3.8) is 0 Å². The lowest BCUT2D eigenvalue weighted by Crippen LogP contribution is -2.01. The Morgan fingerprint density at radius 1 is 1.10 bits per heavy atom. The predicted molar refractivity (Wildman–Crippen MR) is 85.6 cm³/mol. The molecule has 0 saturated carbocycles. The molecule has 0 bridgehead atoms. The van der Waals surface area contributed by atoms with Crippen molar-refractivity contribution in [2.24, 2.45) is 0 Å². The van der Waals surface area contributed by atoms with Crippen molar-refractivity contribution >= 4 is 21.6 Å². The molecule has 0 radical (unpaired) electrons. The topological polar surface area (TPSA) is 30.5 Å². The van der Waals surface area contributed by atoms with Crippen LogP contribution in [-0.2, 0) is 6.54 Å². The zero-order valence-corrected chi connectivity index (χ0v) is 13.2. The zero-order chi connectivity index (χ0) is 14.4. The molecular formula is C16H18BrNO2. The van der Waals surface area contributed by atoms with Crippen LogP contribution in [-0.4, -0.2) is 13.7 Å². The van der Waals surface area contributed by atoms with Gasteiger partial charge in [0.25, 0.3) is 0 Å². The van der Waals surface area contributed by atoms with Crippen molar-refractivity contribution in [3.05, 3.63) is 52.5 Å². The molecule has 0 unspecified atom stereocenters. The summed E-state index contributed by atoms with van der Waals surface area (Å²) < 4.78 is 11.8. The highest BCUT2D eigenvalue weighted by atomic mass is 79.9. The van der Waals surface area contributed by atoms with Gasteiger partial charge in [-0.15, -0.1) is 0 Å². The molecule has 0 aromatic heterocycles. The van der Waals surface area contributed by atoms with E-state index in [0.717, 1.165) is 28.2 Å². The van der Waals surface area contributed by atoms with E-state index in [1.165, 1.54) is 5.56 Å². The number of anilines is 1. The molecule has 0 heterocycles. The number of hydrogen-bond acceptors (Lipinski definition) is 3. The van der Waals surface area contributed by atoms with Gasteiger partial charge in [-0.1, -0.05) is 28.1 Å². The summed E-state index contributed by atoms with van der Waals surface area (Å²) in [6, 6.07) is 14.0. The van der Waals surface area contributed by atoms with Crippen molar-refractivity contribution in [2.75, 3.05) is 19.0 Å². The van der Waals surface area contributed by atoms with Crippen LogP contribution in [0.15, 0.2) is 46.9 Å². The Kier molecular flexibility index (Phi) is 5.30. The lowest BCUT2D eigenvalue weighted by atomic mass is 10.2. The van der Waals surface area contributed by atoms with E-state index >= 15 is 0 Å². The van der Waals surface area contributed by atoms with Crippen LogP contribution in [0.5, 0.6) is 11.5 Å². The predicted octanol–water partition coefficient (Wildman–Crippen LogP) is 4.47. The monoisotopic (exact) mass is 335 g/mol. The molecule has 2 aromatic rings. The van der Waals surface area contributed by atoms with Gasteiger partial charge in [0.05, 0.1) is 19.4 Å². The highest BCUT2D eigenvalue weighted by Gasteiger charge is 2.03. The van der Waals surface area contributed by atoms with Gasteiger partial charge in [0.1, 0.15) is 11.5 Å². The first-order valence-electron chi connectivity index (χ1n) is 6.52. The van der Waals surface area contributed by atoms with E-state index in [9.17, 15) is 0 Å². The lowest BCUT2D eigenvalue weighted by Gasteiger charge is -2.12. The number of halogens is 1. The number of ether oxygens (including phenoxy) is 2. The van der Waals surface area contributed by atoms with E-state index in [1.807, 2.05) is 37.3 Å². The Morgan fingerprint density at radius 3 is 2.50 bits per heavy atom. The fraction of sp³-hybridized carbons (Fsp3) is 0.250. The van der Waals surface area contributed by atoms with Crippen LogP contribution in [0.3, 0.4) is 0 Å². The summed E-state index contributed by atoms with van der Waals surface area (Å²) in [5.41, 5.74) is 2.16. The molecule has 0 aliphatic heterocycles. The highest BCUT2D eigenvalue weighted by Crippen LogP contribution is 2.28. The van der Waals surface area contributed by atoms with E-state index in [-0.39, 0.29) is 0 Å². The highest BCUT2D eigenvalue weighted by molar-refractivity contribution is 9.10. The van der Waals surface area contributed by atoms with Crippen LogP contribution in [0.4, 0.5) is 5.69 Å². The average molecular weight is 336 g/mol. The van der Waals surface area contributed by atoms with Gasteiger partial charge in [0, 0.05) is 11.0 Å². The third kappa shape index (κ3) is 3.90. The van der Waals surface area contributed by atoms with E-state index in [4.69, 9.17) is 9.47 Å². The van der Waals surface area contributed by atoms with Crippen molar-refractivity contribution in [3.8, 4) is 11.5 Å². The Morgan fingerprint density at radius 2 is 1.85 bits per heavy atom. The van der Waals surface area contributed by atoms with Gasteiger partial charge in [-0.3, -0.25) is 0 Å². The summed E-state index contributed by atoms with van der Waals surface area (Å²) in [5.74, 6) is 1.73. The molecule has 0 spiro atoms. The van der Waals surface area contributed by atoms with E-state index < -0.39 is 0 Å². The maximum atomic E-state index is 5.43. The molecule has 106 valence electrons. The summed E-state index contributed by atoms with van der Waals surface area (Å²) in [7, 11) is 1.67. The third-order valence-electron chi connectivity index (χ3n) is 2.88. The minimum atomic E-state index is 0.687. The molecule has 20 heavy (non-hydrogen) atoms. The van der Waals surface area contributed by atoms with E-state index in [1.54, 1.807) is 7.11 Å². The van der Waals surface area contributed by atoms with Crippen molar-refractivity contribution < 1.29 is 9.47 Å². The molecule has 2 rings (SSSR count). The second-order valence-electron chi connectivity index (χ2n) is 4.28. The van der Waals surface area contributed by atoms with Crippen LogP contribution in [0.25, 0.3) is 0 Å². The van der Waals surface area contributed by atoms with Crippen molar-refractivity contribution in [1.82, 2.24) is 0 Å². The first-order valence-corrected chi connectivity index (χ1v) is 7.31. The summed E-state index contributed by atoms with van der Waals surface area (Å²) in [6.45, 7) is 3.40. The smallest absolute Gasteiger partial charge is 0.142 e. The molecule has 2 aromatic carbocycles. The van der Waals surface area contributed by atoms with E-state index in [2.05, 4.69) is 33.4 Å². The fourth-order valence-electron chi connectivity index (χ4n) is 1.89. The van der Waals surface area contributed by atoms with Crippen LogP contribution in [0.2, 0.25) is 0 Å². The largest absolute Gasteiger partial charge is 0.495 e. The maximum absolute atomic E-state index is 5.43. The standard InChI is InChI=1S/C16H18BrNO2/c1-3-20-14-7-4-12(5-8-14)11-18-15-10-13(17)6-9-16(15)19-2/h4-10,18H,3,11H2,1-2H3. The third-order valence-corrected chi connectivity index (χ3v) is 3.37. The van der Waals surface area contributed by atoms with Gasteiger partial charge >= 0.3 is 0 Å². The molecular weight excluding hydrogens is 318 g/mol. The van der Waals surface area contributed by atoms with Gasteiger partial charge in [0.2, 0.25) is 0 Å². The van der Waals surface area contributed by atoms with Crippen molar-refractivity contribution in [1.29, 1.82) is 0 Å². The number of methoxy groups -OCH3 is 1. The molecule has 0 amide bonds. The molecule has 0 aliphatic carbocycles. The molecule has 1 N–H and O–H groups in total. The SMILES string of the molecule is CCOc1ccc(CNc2cc(Br)ccc2OC)cc1. The minimum Gasteiger partial charge on any atom is -0.495 e. The van der Waals surface area contributed by atoms with Crippen LogP contribution in [0.1, 0.15) is 12.5 Å². The summed E-state index contributed by atoms with van der Waals surface area (Å²) in [4.78, 5) is 0. The minimum absolute atomic E-state index is 0.687. The Labute approximate surface area is 128 Å². The van der Waals surface area contributed by atoms with E-state index in [0.29, 0.717) is 6.61 Å². The van der Waals surface area contributed by atoms with Gasteiger partial charge in [0.15, 0.2) is 0 Å². The van der Waals surface area contributed by atoms with Gasteiger partial charge in [-0.25, -0.2) is 0 Å². The van der Waals surface area contributed by atoms with Gasteiger partial charge in [-0.05, 0) is 42.8 Å². The molecule has 0 aliphatic rings. The van der Waals surface area contributed by atoms with Crippen molar-refractivity contribution in [2.45, 2.75) is 13.5 Å². The molecule has 3 nitrogen and oxygen atoms in total. The first kappa shape index (κ1) is 14.7. The molecule has 0 fully saturated rings. The molecule has 0 atom stereocenters. The summed E-state index contributed by atoms with van der Waals surface area (Å²) in [5, 5.41) is 3.38. The Bertz CT molecular complexity index is 555. The average Bonchev–Trinajstić information content (AvgIpc) is 2.47. The van der Waals surface area contributed by atoms with Crippen LogP contribution in [0, 0.1) is 0 Å². The normalized spacial score (nSPS) is 10.2. The number of nitrogens with one attached hydrogen (secondary N) is 1. The summed E-state index contributed by atoms with van der Waals surface area (Å²) >= 11 is 3.47. The second-order valence-corrected chi connectivity index (χ2v) is 5.19. The molecule has 4 heteroatoms. The summed E-state index contributed by atoms with van der Waals surface area (Å²) in [6.07, 6.45) is 0. The number of hydrogen-bond donors (Lipinski definition) is 1.